The minimum absolute atomic E-state index is 0.111. The first-order valence-electron chi connectivity index (χ1n) is 4.99. The Kier molecular flexibility index (Phi) is 4.35. The summed E-state index contributed by atoms with van der Waals surface area (Å²) in [6.45, 7) is 1.64. The first kappa shape index (κ1) is 13.0. The van der Waals surface area contributed by atoms with Crippen LogP contribution in [0.15, 0.2) is 12.1 Å². The van der Waals surface area contributed by atoms with E-state index in [1.807, 2.05) is 0 Å². The fourth-order valence-electron chi connectivity index (χ4n) is 1.44. The predicted molar refractivity (Wildman–Crippen MR) is 55.7 cm³/mol. The molecule has 1 rings (SSSR count). The number of benzene rings is 1. The van der Waals surface area contributed by atoms with E-state index in [2.05, 4.69) is 0 Å². The lowest BCUT2D eigenvalue weighted by Gasteiger charge is -2.18. The Morgan fingerprint density at radius 2 is 1.88 bits per heavy atom. The molecule has 1 aromatic carbocycles. The number of nitrogens with two attached hydrogens (primary N) is 1. The van der Waals surface area contributed by atoms with Crippen LogP contribution in [0.5, 0.6) is 0 Å². The number of rotatable bonds is 4. The highest BCUT2D eigenvalue weighted by atomic mass is 19.1. The highest BCUT2D eigenvalue weighted by Crippen LogP contribution is 2.24. The Hall–Kier alpha value is -1.04. The fourth-order valence-corrected chi connectivity index (χ4v) is 1.44. The second-order valence-electron chi connectivity index (χ2n) is 3.71. The quantitative estimate of drug-likeness (QED) is 0.724. The molecule has 0 saturated heterocycles. The molecule has 2 atom stereocenters. The maximum Gasteiger partial charge on any atom is 0.132 e. The molecule has 3 nitrogen and oxygen atoms in total. The van der Waals surface area contributed by atoms with E-state index in [9.17, 15) is 19.0 Å². The van der Waals surface area contributed by atoms with Gasteiger partial charge in [0.25, 0.3) is 0 Å². The lowest BCUT2D eigenvalue weighted by molar-refractivity contribution is 0.0129. The topological polar surface area (TPSA) is 66.5 Å². The molecule has 0 amide bonds. The van der Waals surface area contributed by atoms with Gasteiger partial charge in [-0.05, 0) is 31.5 Å². The van der Waals surface area contributed by atoms with Crippen molar-refractivity contribution in [1.82, 2.24) is 0 Å². The van der Waals surface area contributed by atoms with Crippen molar-refractivity contribution in [1.29, 1.82) is 0 Å². The number of aryl methyl sites for hydroxylation is 1. The van der Waals surface area contributed by atoms with Gasteiger partial charge in [0, 0.05) is 11.6 Å². The lowest BCUT2D eigenvalue weighted by Crippen LogP contribution is -2.22. The molecule has 0 bridgehead atoms. The van der Waals surface area contributed by atoms with Crippen molar-refractivity contribution in [3.05, 3.63) is 34.9 Å². The predicted octanol–water partition coefficient (Wildman–Crippen LogP) is 1.02. The van der Waals surface area contributed by atoms with Crippen LogP contribution in [-0.2, 0) is 0 Å². The number of aliphatic hydroxyl groups is 2. The van der Waals surface area contributed by atoms with Crippen LogP contribution in [0.25, 0.3) is 0 Å². The minimum atomic E-state index is -1.39. The molecule has 16 heavy (non-hydrogen) atoms. The van der Waals surface area contributed by atoms with Crippen LogP contribution in [0.1, 0.15) is 23.7 Å². The normalized spacial score (nSPS) is 14.9. The minimum Gasteiger partial charge on any atom is -0.390 e. The van der Waals surface area contributed by atoms with E-state index in [0.717, 1.165) is 0 Å². The van der Waals surface area contributed by atoms with Crippen molar-refractivity contribution < 1.29 is 19.0 Å². The summed E-state index contributed by atoms with van der Waals surface area (Å²) < 4.78 is 26.3. The van der Waals surface area contributed by atoms with E-state index >= 15 is 0 Å². The molecule has 90 valence electrons. The Bertz CT molecular complexity index is 371. The smallest absolute Gasteiger partial charge is 0.132 e. The van der Waals surface area contributed by atoms with Gasteiger partial charge in [0.2, 0.25) is 0 Å². The summed E-state index contributed by atoms with van der Waals surface area (Å²) in [6, 6.07) is 1.89. The van der Waals surface area contributed by atoms with Gasteiger partial charge < -0.3 is 15.9 Å². The van der Waals surface area contributed by atoms with Crippen LogP contribution in [0.3, 0.4) is 0 Å². The lowest BCUT2D eigenvalue weighted by atomic mass is 9.99. The number of hydrogen-bond acceptors (Lipinski definition) is 3. The monoisotopic (exact) mass is 231 g/mol. The van der Waals surface area contributed by atoms with Crippen molar-refractivity contribution in [2.75, 3.05) is 6.54 Å². The Balaban J connectivity index is 2.99. The largest absolute Gasteiger partial charge is 0.390 e. The molecule has 0 aliphatic rings. The molecule has 0 saturated carbocycles. The van der Waals surface area contributed by atoms with Gasteiger partial charge in [0.15, 0.2) is 0 Å². The molecule has 4 N–H and O–H groups in total. The fraction of sp³-hybridized carbons (Fsp3) is 0.455. The zero-order chi connectivity index (χ0) is 12.3. The molecule has 0 radical (unpaired) electrons. The molecule has 0 fully saturated rings. The van der Waals surface area contributed by atoms with Crippen LogP contribution in [0.2, 0.25) is 0 Å². The van der Waals surface area contributed by atoms with Gasteiger partial charge in [-0.1, -0.05) is 0 Å². The van der Waals surface area contributed by atoms with Gasteiger partial charge in [-0.3, -0.25) is 0 Å². The van der Waals surface area contributed by atoms with Crippen molar-refractivity contribution >= 4 is 0 Å². The molecular formula is C11H15F2NO2. The highest BCUT2D eigenvalue weighted by Gasteiger charge is 2.22. The summed E-state index contributed by atoms with van der Waals surface area (Å²) in [5.41, 5.74) is 5.32. The van der Waals surface area contributed by atoms with Crippen molar-refractivity contribution in [3.8, 4) is 0 Å². The average molecular weight is 231 g/mol. The summed E-state index contributed by atoms with van der Waals surface area (Å²) in [7, 11) is 0. The Morgan fingerprint density at radius 1 is 1.25 bits per heavy atom. The van der Waals surface area contributed by atoms with Gasteiger partial charge in [-0.25, -0.2) is 8.78 Å². The molecule has 0 spiro atoms. The third-order valence-corrected chi connectivity index (χ3v) is 2.42. The molecule has 0 aromatic heterocycles. The second kappa shape index (κ2) is 5.34. The van der Waals surface area contributed by atoms with E-state index in [-0.39, 0.29) is 24.1 Å². The SMILES string of the molecule is Cc1cc(C(O)C(O)CCN)c(F)cc1F. The summed E-state index contributed by atoms with van der Waals surface area (Å²) in [5, 5.41) is 19.1. The van der Waals surface area contributed by atoms with Crippen molar-refractivity contribution in [2.45, 2.75) is 25.6 Å². The van der Waals surface area contributed by atoms with E-state index in [4.69, 9.17) is 5.73 Å². The number of halogens is 2. The maximum atomic E-state index is 13.3. The van der Waals surface area contributed by atoms with Crippen molar-refractivity contribution in [2.24, 2.45) is 5.73 Å². The van der Waals surface area contributed by atoms with Crippen LogP contribution in [0.4, 0.5) is 8.78 Å². The molecule has 0 aliphatic carbocycles. The first-order chi connectivity index (χ1) is 7.47. The third kappa shape index (κ3) is 2.75. The molecular weight excluding hydrogens is 216 g/mol. The molecule has 0 aliphatic heterocycles. The standard InChI is InChI=1S/C11H15F2NO2/c1-6-4-7(9(13)5-8(6)12)11(16)10(15)2-3-14/h4-5,10-11,15-16H,2-3,14H2,1H3. The van der Waals surface area contributed by atoms with Crippen LogP contribution in [0, 0.1) is 18.6 Å². The van der Waals surface area contributed by atoms with E-state index in [0.29, 0.717) is 6.07 Å². The van der Waals surface area contributed by atoms with Gasteiger partial charge in [0.05, 0.1) is 6.10 Å². The first-order valence-corrected chi connectivity index (χ1v) is 4.99. The van der Waals surface area contributed by atoms with Gasteiger partial charge >= 0.3 is 0 Å². The van der Waals surface area contributed by atoms with Crippen LogP contribution >= 0.6 is 0 Å². The highest BCUT2D eigenvalue weighted by molar-refractivity contribution is 5.27. The summed E-state index contributed by atoms with van der Waals surface area (Å²) in [5.74, 6) is -1.55. The maximum absolute atomic E-state index is 13.3. The number of aliphatic hydroxyl groups excluding tert-OH is 2. The molecule has 5 heteroatoms. The molecule has 1 aromatic rings. The zero-order valence-electron chi connectivity index (χ0n) is 8.95. The van der Waals surface area contributed by atoms with E-state index in [1.54, 1.807) is 0 Å². The molecule has 2 unspecified atom stereocenters. The van der Waals surface area contributed by atoms with Gasteiger partial charge in [-0.2, -0.15) is 0 Å². The third-order valence-electron chi connectivity index (χ3n) is 2.42. The van der Waals surface area contributed by atoms with Crippen LogP contribution in [-0.4, -0.2) is 22.9 Å². The second-order valence-corrected chi connectivity index (χ2v) is 3.71. The van der Waals surface area contributed by atoms with E-state index < -0.39 is 23.8 Å². The van der Waals surface area contributed by atoms with Crippen LogP contribution < -0.4 is 5.73 Å². The summed E-state index contributed by atoms with van der Waals surface area (Å²) >= 11 is 0. The van der Waals surface area contributed by atoms with E-state index in [1.165, 1.54) is 13.0 Å². The zero-order valence-corrected chi connectivity index (χ0v) is 8.95. The Morgan fingerprint density at radius 3 is 2.44 bits per heavy atom. The number of hydrogen-bond donors (Lipinski definition) is 3. The van der Waals surface area contributed by atoms with Gasteiger partial charge in [-0.15, -0.1) is 0 Å². The van der Waals surface area contributed by atoms with Gasteiger partial charge in [0.1, 0.15) is 17.7 Å². The summed E-state index contributed by atoms with van der Waals surface area (Å²) in [4.78, 5) is 0. The average Bonchev–Trinajstić information content (AvgIpc) is 2.23. The Labute approximate surface area is 92.5 Å². The molecule has 0 heterocycles. The summed E-state index contributed by atoms with van der Waals surface area (Å²) in [6.07, 6.45) is -2.39. The van der Waals surface area contributed by atoms with Crippen molar-refractivity contribution in [3.63, 3.8) is 0 Å².